The molecule has 0 atom stereocenters. The summed E-state index contributed by atoms with van der Waals surface area (Å²) in [7, 11) is 0. The van der Waals surface area contributed by atoms with E-state index in [0.29, 0.717) is 5.75 Å². The predicted molar refractivity (Wildman–Crippen MR) is 80.8 cm³/mol. The van der Waals surface area contributed by atoms with Crippen LogP contribution in [0.25, 0.3) is 0 Å². The third-order valence-corrected chi connectivity index (χ3v) is 4.44. The van der Waals surface area contributed by atoms with Crippen LogP contribution in [-0.2, 0) is 4.79 Å². The Kier molecular flexibility index (Phi) is 4.23. The van der Waals surface area contributed by atoms with Crippen LogP contribution in [0.1, 0.15) is 48.5 Å². The molecule has 3 nitrogen and oxygen atoms in total. The minimum Gasteiger partial charge on any atom is -0.508 e. The first-order valence-electron chi connectivity index (χ1n) is 6.91. The van der Waals surface area contributed by atoms with E-state index in [4.69, 9.17) is 4.74 Å². The van der Waals surface area contributed by atoms with Gasteiger partial charge in [-0.3, -0.25) is 4.79 Å². The van der Waals surface area contributed by atoms with Gasteiger partial charge in [0.15, 0.2) is 0 Å². The van der Waals surface area contributed by atoms with E-state index < -0.39 is 5.41 Å². The van der Waals surface area contributed by atoms with Gasteiger partial charge in [0.25, 0.3) is 0 Å². The number of carbonyl (C=O) groups excluding carboxylic acids is 1. The highest BCUT2D eigenvalue weighted by Crippen LogP contribution is 2.52. The summed E-state index contributed by atoms with van der Waals surface area (Å²) < 4.78 is 5.51. The Morgan fingerprint density at radius 1 is 1.00 bits per heavy atom. The van der Waals surface area contributed by atoms with Crippen molar-refractivity contribution in [3.05, 3.63) is 24.3 Å². The van der Waals surface area contributed by atoms with Gasteiger partial charge in [-0.05, 0) is 29.9 Å². The van der Waals surface area contributed by atoms with Crippen molar-refractivity contribution in [2.45, 2.75) is 48.5 Å². The van der Waals surface area contributed by atoms with Gasteiger partial charge in [-0.1, -0.05) is 47.6 Å². The van der Waals surface area contributed by atoms with Crippen LogP contribution in [0.3, 0.4) is 0 Å². The molecule has 0 saturated heterocycles. The van der Waals surface area contributed by atoms with Crippen molar-refractivity contribution >= 4 is 5.97 Å². The Balaban J connectivity index is 3.15. The summed E-state index contributed by atoms with van der Waals surface area (Å²) >= 11 is 0. The van der Waals surface area contributed by atoms with Gasteiger partial charge < -0.3 is 9.84 Å². The van der Waals surface area contributed by atoms with Crippen LogP contribution in [0.15, 0.2) is 24.3 Å². The fraction of sp³-hybridized carbons (Fsp3) is 0.588. The third kappa shape index (κ3) is 2.97. The first-order valence-corrected chi connectivity index (χ1v) is 6.91. The molecule has 0 bridgehead atoms. The van der Waals surface area contributed by atoms with Crippen molar-refractivity contribution in [3.63, 3.8) is 0 Å². The molecule has 0 aliphatic carbocycles. The van der Waals surface area contributed by atoms with E-state index in [1.165, 1.54) is 6.07 Å². The highest BCUT2D eigenvalue weighted by molar-refractivity contribution is 5.80. The second kappa shape index (κ2) is 5.12. The average molecular weight is 278 g/mol. The Bertz CT molecular complexity index is 476. The molecule has 0 amide bonds. The number of hydrogen-bond donors (Lipinski definition) is 1. The minimum atomic E-state index is -0.661. The van der Waals surface area contributed by atoms with E-state index in [9.17, 15) is 9.90 Å². The third-order valence-electron chi connectivity index (χ3n) is 4.44. The van der Waals surface area contributed by atoms with Crippen LogP contribution in [-0.4, -0.2) is 11.1 Å². The molecule has 0 aliphatic heterocycles. The highest BCUT2D eigenvalue weighted by Gasteiger charge is 2.53. The summed E-state index contributed by atoms with van der Waals surface area (Å²) in [5.74, 6) is 0.182. The maximum atomic E-state index is 12.7. The normalized spacial score (nSPS) is 13.2. The molecular formula is C17H26O3. The second-order valence-corrected chi connectivity index (χ2v) is 7.51. The number of ether oxygens (including phenoxy) is 1. The van der Waals surface area contributed by atoms with E-state index >= 15 is 0 Å². The van der Waals surface area contributed by atoms with Gasteiger partial charge in [0, 0.05) is 6.07 Å². The van der Waals surface area contributed by atoms with Gasteiger partial charge in [-0.15, -0.1) is 0 Å². The Morgan fingerprint density at radius 2 is 1.50 bits per heavy atom. The molecule has 0 fully saturated rings. The second-order valence-electron chi connectivity index (χ2n) is 7.51. The molecule has 1 N–H and O–H groups in total. The van der Waals surface area contributed by atoms with Gasteiger partial charge in [0.05, 0.1) is 5.41 Å². The summed E-state index contributed by atoms with van der Waals surface area (Å²) in [6.07, 6.45) is 0. The van der Waals surface area contributed by atoms with E-state index in [1.807, 2.05) is 48.5 Å². The largest absolute Gasteiger partial charge is 0.508 e. The van der Waals surface area contributed by atoms with Crippen molar-refractivity contribution in [2.75, 3.05) is 0 Å². The lowest BCUT2D eigenvalue weighted by Crippen LogP contribution is -2.51. The zero-order valence-corrected chi connectivity index (χ0v) is 13.6. The molecule has 0 radical (unpaired) electrons. The molecule has 20 heavy (non-hydrogen) atoms. The molecule has 0 aromatic heterocycles. The summed E-state index contributed by atoms with van der Waals surface area (Å²) in [4.78, 5) is 12.7. The summed E-state index contributed by atoms with van der Waals surface area (Å²) in [5, 5.41) is 9.46. The standard InChI is InChI=1S/C17H26O3/c1-15(2,3)17(7,16(4,5)6)14(19)20-13-10-8-9-12(18)11-13/h8-11,18H,1-7H3. The molecule has 1 aromatic rings. The maximum absolute atomic E-state index is 12.7. The molecular weight excluding hydrogens is 252 g/mol. The van der Waals surface area contributed by atoms with Crippen molar-refractivity contribution in [3.8, 4) is 11.5 Å². The molecule has 0 saturated carbocycles. The maximum Gasteiger partial charge on any atom is 0.318 e. The number of benzene rings is 1. The van der Waals surface area contributed by atoms with Crippen LogP contribution in [0, 0.1) is 16.2 Å². The molecule has 0 heterocycles. The van der Waals surface area contributed by atoms with Crippen molar-refractivity contribution in [1.29, 1.82) is 0 Å². The fourth-order valence-corrected chi connectivity index (χ4v) is 2.49. The summed E-state index contributed by atoms with van der Waals surface area (Å²) in [5.41, 5.74) is -1.16. The molecule has 0 unspecified atom stereocenters. The zero-order valence-electron chi connectivity index (χ0n) is 13.6. The molecule has 1 aromatic carbocycles. The topological polar surface area (TPSA) is 46.5 Å². The number of hydrogen-bond acceptors (Lipinski definition) is 3. The lowest BCUT2D eigenvalue weighted by molar-refractivity contribution is -0.162. The number of rotatable bonds is 2. The van der Waals surface area contributed by atoms with Gasteiger partial charge in [-0.25, -0.2) is 0 Å². The first-order chi connectivity index (χ1) is 8.89. The van der Waals surface area contributed by atoms with E-state index in [1.54, 1.807) is 18.2 Å². The Labute approximate surface area is 122 Å². The van der Waals surface area contributed by atoms with E-state index in [-0.39, 0.29) is 22.5 Å². The van der Waals surface area contributed by atoms with Gasteiger partial charge in [0.2, 0.25) is 0 Å². The molecule has 112 valence electrons. The Hall–Kier alpha value is -1.51. The van der Waals surface area contributed by atoms with E-state index in [2.05, 4.69) is 0 Å². The molecule has 3 heteroatoms. The SMILES string of the molecule is CC(C)(C)C(C)(C(=O)Oc1cccc(O)c1)C(C)(C)C. The number of phenols is 1. The van der Waals surface area contributed by atoms with Crippen LogP contribution in [0.4, 0.5) is 0 Å². The fourth-order valence-electron chi connectivity index (χ4n) is 2.49. The van der Waals surface area contributed by atoms with Crippen LogP contribution in [0.5, 0.6) is 11.5 Å². The number of esters is 1. The number of aromatic hydroxyl groups is 1. The lowest BCUT2D eigenvalue weighted by atomic mass is 9.55. The van der Waals surface area contributed by atoms with Gasteiger partial charge in [-0.2, -0.15) is 0 Å². The zero-order chi connectivity index (χ0) is 15.8. The molecule has 0 spiro atoms. The quantitative estimate of drug-likeness (QED) is 0.644. The average Bonchev–Trinajstić information content (AvgIpc) is 2.24. The van der Waals surface area contributed by atoms with Crippen LogP contribution in [0.2, 0.25) is 0 Å². The van der Waals surface area contributed by atoms with Crippen LogP contribution >= 0.6 is 0 Å². The Morgan fingerprint density at radius 3 is 1.90 bits per heavy atom. The van der Waals surface area contributed by atoms with Gasteiger partial charge >= 0.3 is 5.97 Å². The number of phenolic OH excluding ortho intramolecular Hbond substituents is 1. The molecule has 0 aliphatic rings. The van der Waals surface area contributed by atoms with Crippen molar-refractivity contribution < 1.29 is 14.6 Å². The first kappa shape index (κ1) is 16.5. The van der Waals surface area contributed by atoms with Crippen molar-refractivity contribution in [1.82, 2.24) is 0 Å². The number of carbonyl (C=O) groups is 1. The van der Waals surface area contributed by atoms with Gasteiger partial charge in [0.1, 0.15) is 11.5 Å². The molecule has 1 rings (SSSR count). The highest BCUT2D eigenvalue weighted by atomic mass is 16.5. The monoisotopic (exact) mass is 278 g/mol. The summed E-state index contributed by atoms with van der Waals surface area (Å²) in [6.45, 7) is 14.2. The van der Waals surface area contributed by atoms with E-state index in [0.717, 1.165) is 0 Å². The van der Waals surface area contributed by atoms with Crippen LogP contribution < -0.4 is 4.74 Å². The van der Waals surface area contributed by atoms with Crippen molar-refractivity contribution in [2.24, 2.45) is 16.2 Å². The summed E-state index contributed by atoms with van der Waals surface area (Å²) in [6, 6.07) is 6.32. The minimum absolute atomic E-state index is 0.0866. The lowest BCUT2D eigenvalue weighted by Gasteiger charge is -2.48. The smallest absolute Gasteiger partial charge is 0.318 e. The predicted octanol–water partition coefficient (Wildman–Crippen LogP) is 4.40.